The summed E-state index contributed by atoms with van der Waals surface area (Å²) in [6.45, 7) is 9.86. The van der Waals surface area contributed by atoms with Gasteiger partial charge in [-0.1, -0.05) is 33.8 Å². The van der Waals surface area contributed by atoms with Crippen LogP contribution in [0.1, 0.15) is 46.1 Å². The van der Waals surface area contributed by atoms with E-state index in [9.17, 15) is 8.42 Å². The Morgan fingerprint density at radius 3 is 2.24 bits per heavy atom. The molecule has 1 heterocycles. The molecule has 0 aliphatic carbocycles. The Morgan fingerprint density at radius 2 is 1.81 bits per heavy atom. The number of hydrogen-bond acceptors (Lipinski definition) is 4. The van der Waals surface area contributed by atoms with Gasteiger partial charge in [-0.05, 0) is 24.5 Å². The SMILES string of the molecule is CCCN(CCC)S(=O)(=O)c1ccc(CNC(C)C)cn1. The zero-order chi connectivity index (χ0) is 15.9. The van der Waals surface area contributed by atoms with Gasteiger partial charge in [0.1, 0.15) is 0 Å². The van der Waals surface area contributed by atoms with Crippen molar-refractivity contribution in [1.29, 1.82) is 0 Å². The Hall–Kier alpha value is -0.980. The summed E-state index contributed by atoms with van der Waals surface area (Å²) < 4.78 is 26.6. The van der Waals surface area contributed by atoms with Crippen LogP contribution in [-0.4, -0.2) is 36.8 Å². The topological polar surface area (TPSA) is 62.3 Å². The first-order chi connectivity index (χ1) is 9.91. The van der Waals surface area contributed by atoms with E-state index in [1.807, 2.05) is 19.9 Å². The summed E-state index contributed by atoms with van der Waals surface area (Å²) in [6.07, 6.45) is 3.24. The van der Waals surface area contributed by atoms with Gasteiger partial charge in [0.05, 0.1) is 0 Å². The fourth-order valence-electron chi connectivity index (χ4n) is 1.97. The van der Waals surface area contributed by atoms with E-state index in [1.54, 1.807) is 12.3 Å². The van der Waals surface area contributed by atoms with Gasteiger partial charge >= 0.3 is 0 Å². The molecule has 0 amide bonds. The average molecular weight is 313 g/mol. The third-order valence-electron chi connectivity index (χ3n) is 3.06. The first-order valence-electron chi connectivity index (χ1n) is 7.60. The molecule has 0 bridgehead atoms. The van der Waals surface area contributed by atoms with Gasteiger partial charge in [0.2, 0.25) is 0 Å². The summed E-state index contributed by atoms with van der Waals surface area (Å²) in [5.74, 6) is 0. The highest BCUT2D eigenvalue weighted by molar-refractivity contribution is 7.89. The Bertz CT molecular complexity index is 506. The van der Waals surface area contributed by atoms with Crippen LogP contribution in [0.4, 0.5) is 0 Å². The van der Waals surface area contributed by atoms with E-state index in [2.05, 4.69) is 24.1 Å². The lowest BCUT2D eigenvalue weighted by Gasteiger charge is -2.20. The molecule has 0 aromatic carbocycles. The number of sulfonamides is 1. The van der Waals surface area contributed by atoms with Crippen LogP contribution in [-0.2, 0) is 16.6 Å². The number of nitrogens with one attached hydrogen (secondary N) is 1. The van der Waals surface area contributed by atoms with Gasteiger partial charge in [0.15, 0.2) is 5.03 Å². The molecule has 0 fully saturated rings. The molecule has 5 nitrogen and oxygen atoms in total. The van der Waals surface area contributed by atoms with Crippen molar-refractivity contribution in [2.24, 2.45) is 0 Å². The minimum atomic E-state index is -3.47. The highest BCUT2D eigenvalue weighted by Gasteiger charge is 2.24. The molecule has 0 spiro atoms. The summed E-state index contributed by atoms with van der Waals surface area (Å²) >= 11 is 0. The Morgan fingerprint density at radius 1 is 1.19 bits per heavy atom. The molecular formula is C15H27N3O2S. The molecule has 1 aromatic rings. The molecule has 1 N–H and O–H groups in total. The fraction of sp³-hybridized carbons (Fsp3) is 0.667. The van der Waals surface area contributed by atoms with Crippen molar-refractivity contribution in [3.63, 3.8) is 0 Å². The zero-order valence-corrected chi connectivity index (χ0v) is 14.3. The Kier molecular flexibility index (Phi) is 7.28. The molecule has 120 valence electrons. The first-order valence-corrected chi connectivity index (χ1v) is 9.04. The van der Waals surface area contributed by atoms with Crippen molar-refractivity contribution >= 4 is 10.0 Å². The van der Waals surface area contributed by atoms with E-state index in [4.69, 9.17) is 0 Å². The van der Waals surface area contributed by atoms with E-state index in [0.717, 1.165) is 18.4 Å². The van der Waals surface area contributed by atoms with Crippen LogP contribution in [0.25, 0.3) is 0 Å². The lowest BCUT2D eigenvalue weighted by atomic mass is 10.2. The number of aromatic nitrogens is 1. The molecule has 0 atom stereocenters. The first kappa shape index (κ1) is 18.1. The summed E-state index contributed by atoms with van der Waals surface area (Å²) in [7, 11) is -3.47. The number of rotatable bonds is 9. The second-order valence-corrected chi connectivity index (χ2v) is 7.33. The van der Waals surface area contributed by atoms with Crippen LogP contribution < -0.4 is 5.32 Å². The predicted octanol–water partition coefficient (Wildman–Crippen LogP) is 2.39. The second kappa shape index (κ2) is 8.46. The maximum absolute atomic E-state index is 12.5. The lowest BCUT2D eigenvalue weighted by molar-refractivity contribution is 0.408. The largest absolute Gasteiger partial charge is 0.310 e. The lowest BCUT2D eigenvalue weighted by Crippen LogP contribution is -2.33. The molecule has 0 unspecified atom stereocenters. The monoisotopic (exact) mass is 313 g/mol. The predicted molar refractivity (Wildman–Crippen MR) is 85.6 cm³/mol. The van der Waals surface area contributed by atoms with Crippen molar-refractivity contribution in [3.8, 4) is 0 Å². The summed E-state index contributed by atoms with van der Waals surface area (Å²) in [5, 5.41) is 3.42. The molecule has 1 aromatic heterocycles. The van der Waals surface area contributed by atoms with Crippen LogP contribution in [0.5, 0.6) is 0 Å². The van der Waals surface area contributed by atoms with Crippen molar-refractivity contribution in [3.05, 3.63) is 23.9 Å². The number of hydrogen-bond donors (Lipinski definition) is 1. The number of pyridine rings is 1. The highest BCUT2D eigenvalue weighted by atomic mass is 32.2. The maximum atomic E-state index is 12.5. The summed E-state index contributed by atoms with van der Waals surface area (Å²) in [5.41, 5.74) is 0.986. The van der Waals surface area contributed by atoms with E-state index in [0.29, 0.717) is 25.7 Å². The second-order valence-electron chi connectivity index (χ2n) is 5.44. The summed E-state index contributed by atoms with van der Waals surface area (Å²) in [4.78, 5) is 4.14. The minimum absolute atomic E-state index is 0.137. The third kappa shape index (κ3) is 5.37. The molecule has 0 aliphatic rings. The zero-order valence-electron chi connectivity index (χ0n) is 13.5. The highest BCUT2D eigenvalue weighted by Crippen LogP contribution is 2.14. The van der Waals surface area contributed by atoms with Crippen molar-refractivity contribution in [2.75, 3.05) is 13.1 Å². The fourth-order valence-corrected chi connectivity index (χ4v) is 3.51. The van der Waals surface area contributed by atoms with Crippen LogP contribution >= 0.6 is 0 Å². The van der Waals surface area contributed by atoms with Gasteiger partial charge in [-0.2, -0.15) is 4.31 Å². The van der Waals surface area contributed by atoms with Crippen LogP contribution in [0.15, 0.2) is 23.4 Å². The molecule has 6 heteroatoms. The molecule has 0 saturated carbocycles. The Labute approximate surface area is 128 Å². The normalized spacial score (nSPS) is 12.3. The molecule has 1 rings (SSSR count). The van der Waals surface area contributed by atoms with Gasteiger partial charge in [-0.3, -0.25) is 0 Å². The molecular weight excluding hydrogens is 286 g/mol. The molecule has 0 saturated heterocycles. The smallest absolute Gasteiger partial charge is 0.260 e. The van der Waals surface area contributed by atoms with Crippen LogP contribution in [0.2, 0.25) is 0 Å². The standard InChI is InChI=1S/C15H27N3O2S/c1-5-9-18(10-6-2)21(19,20)15-8-7-14(12-17-15)11-16-13(3)4/h7-8,12-13,16H,5-6,9-11H2,1-4H3. The van der Waals surface area contributed by atoms with E-state index in [-0.39, 0.29) is 5.03 Å². The summed E-state index contributed by atoms with van der Waals surface area (Å²) in [6, 6.07) is 3.81. The van der Waals surface area contributed by atoms with Gasteiger partial charge in [0.25, 0.3) is 10.0 Å². The van der Waals surface area contributed by atoms with Crippen molar-refractivity contribution in [2.45, 2.75) is 58.1 Å². The number of nitrogens with zero attached hydrogens (tertiary/aromatic N) is 2. The van der Waals surface area contributed by atoms with Gasteiger partial charge in [0, 0.05) is 31.9 Å². The van der Waals surface area contributed by atoms with E-state index in [1.165, 1.54) is 4.31 Å². The van der Waals surface area contributed by atoms with E-state index >= 15 is 0 Å². The molecule has 21 heavy (non-hydrogen) atoms. The quantitative estimate of drug-likeness (QED) is 0.760. The van der Waals surface area contributed by atoms with Crippen molar-refractivity contribution in [1.82, 2.24) is 14.6 Å². The van der Waals surface area contributed by atoms with Crippen LogP contribution in [0, 0.1) is 0 Å². The minimum Gasteiger partial charge on any atom is -0.310 e. The Balaban J connectivity index is 2.87. The van der Waals surface area contributed by atoms with Gasteiger partial charge in [-0.15, -0.1) is 0 Å². The van der Waals surface area contributed by atoms with Gasteiger partial charge < -0.3 is 5.32 Å². The maximum Gasteiger partial charge on any atom is 0.260 e. The molecule has 0 aliphatic heterocycles. The van der Waals surface area contributed by atoms with E-state index < -0.39 is 10.0 Å². The van der Waals surface area contributed by atoms with Gasteiger partial charge in [-0.25, -0.2) is 13.4 Å². The van der Waals surface area contributed by atoms with Crippen molar-refractivity contribution < 1.29 is 8.42 Å². The van der Waals surface area contributed by atoms with Crippen LogP contribution in [0.3, 0.4) is 0 Å². The third-order valence-corrected chi connectivity index (χ3v) is 4.88. The average Bonchev–Trinajstić information content (AvgIpc) is 2.45. The molecule has 0 radical (unpaired) electrons.